The standard InChI is InChI=1S/C74H144O17P2/c1-6-9-12-15-18-21-23-25-26-27-28-29-30-31-32-34-36-38-44-49-54-59-73(78)90-70(64-85-72(77)58-53-48-43-37-35-33-24-22-19-16-13-10-7-2)66-89-93(82,83)87-62-68(75)61-86-92(80,81)88-65-69(63-84-71(76)57-52-47-42-20-17-14-11-8-3)91-74(79)60-55-50-45-40-39-41-46-51-56-67(4)5/h67-70,75H,6-66H2,1-5H3,(H,80,81)(H,82,83)/t68-,69+,70+/m0/s1. The van der Waals surface area contributed by atoms with Gasteiger partial charge in [-0.15, -0.1) is 0 Å². The van der Waals surface area contributed by atoms with Gasteiger partial charge in [-0.3, -0.25) is 37.3 Å². The number of hydrogen-bond acceptors (Lipinski definition) is 15. The number of carbonyl (C=O) groups is 4. The van der Waals surface area contributed by atoms with Crippen LogP contribution in [0.25, 0.3) is 0 Å². The lowest BCUT2D eigenvalue weighted by atomic mass is 10.0. The molecule has 0 radical (unpaired) electrons. The monoisotopic (exact) mass is 1370 g/mol. The van der Waals surface area contributed by atoms with E-state index in [1.807, 2.05) is 0 Å². The number of aliphatic hydroxyl groups is 1. The van der Waals surface area contributed by atoms with Gasteiger partial charge < -0.3 is 33.8 Å². The molecule has 0 bridgehead atoms. The minimum atomic E-state index is -4.95. The average molecular weight is 1370 g/mol. The van der Waals surface area contributed by atoms with Gasteiger partial charge in [-0.25, -0.2) is 9.13 Å². The van der Waals surface area contributed by atoms with Gasteiger partial charge >= 0.3 is 39.5 Å². The first-order chi connectivity index (χ1) is 45.0. The van der Waals surface area contributed by atoms with E-state index in [-0.39, 0.29) is 25.7 Å². The molecule has 0 aliphatic heterocycles. The van der Waals surface area contributed by atoms with Gasteiger partial charge in [0, 0.05) is 25.7 Å². The number of rotatable bonds is 74. The van der Waals surface area contributed by atoms with Gasteiger partial charge in [0.25, 0.3) is 0 Å². The molecule has 5 atom stereocenters. The van der Waals surface area contributed by atoms with Crippen LogP contribution in [0.15, 0.2) is 0 Å². The van der Waals surface area contributed by atoms with Crippen molar-refractivity contribution in [1.29, 1.82) is 0 Å². The van der Waals surface area contributed by atoms with Crippen molar-refractivity contribution in [2.45, 2.75) is 406 Å². The number of carbonyl (C=O) groups excluding carboxylic acids is 4. The second-order valence-electron chi connectivity index (χ2n) is 27.2. The number of ether oxygens (including phenoxy) is 4. The summed E-state index contributed by atoms with van der Waals surface area (Å²) in [6, 6.07) is 0. The molecular weight excluding hydrogens is 1220 g/mol. The fraction of sp³-hybridized carbons (Fsp3) is 0.946. The van der Waals surface area contributed by atoms with Crippen LogP contribution in [-0.4, -0.2) is 96.7 Å². The molecule has 0 aliphatic carbocycles. The Labute approximate surface area is 568 Å². The summed E-state index contributed by atoms with van der Waals surface area (Å²) in [7, 11) is -9.90. The molecule has 0 aromatic rings. The maximum Gasteiger partial charge on any atom is 0.472 e. The highest BCUT2D eigenvalue weighted by Crippen LogP contribution is 2.45. The fourth-order valence-electron chi connectivity index (χ4n) is 11.4. The minimum Gasteiger partial charge on any atom is -0.462 e. The van der Waals surface area contributed by atoms with Crippen LogP contribution in [-0.2, 0) is 65.4 Å². The summed E-state index contributed by atoms with van der Waals surface area (Å²) < 4.78 is 68.3. The fourth-order valence-corrected chi connectivity index (χ4v) is 12.9. The van der Waals surface area contributed by atoms with E-state index in [0.29, 0.717) is 25.7 Å². The molecule has 0 spiro atoms. The lowest BCUT2D eigenvalue weighted by molar-refractivity contribution is -0.161. The van der Waals surface area contributed by atoms with Gasteiger partial charge in [0.2, 0.25) is 0 Å². The molecule has 2 unspecified atom stereocenters. The van der Waals surface area contributed by atoms with Crippen LogP contribution in [0.2, 0.25) is 0 Å². The number of unbranched alkanes of at least 4 members (excludes halogenated alkanes) is 46. The third kappa shape index (κ3) is 68.4. The van der Waals surface area contributed by atoms with Crippen molar-refractivity contribution in [3.63, 3.8) is 0 Å². The van der Waals surface area contributed by atoms with Crippen molar-refractivity contribution in [2.75, 3.05) is 39.6 Å². The molecule has 17 nitrogen and oxygen atoms in total. The Kier molecular flexibility index (Phi) is 65.9. The summed E-state index contributed by atoms with van der Waals surface area (Å²) >= 11 is 0. The number of aliphatic hydroxyl groups excluding tert-OH is 1. The van der Waals surface area contributed by atoms with E-state index in [2.05, 4.69) is 34.6 Å². The van der Waals surface area contributed by atoms with Gasteiger partial charge in [0.15, 0.2) is 12.2 Å². The summed E-state index contributed by atoms with van der Waals surface area (Å²) in [5.74, 6) is -1.40. The lowest BCUT2D eigenvalue weighted by Crippen LogP contribution is -2.30. The molecule has 0 aromatic carbocycles. The topological polar surface area (TPSA) is 237 Å². The lowest BCUT2D eigenvalue weighted by Gasteiger charge is -2.21. The van der Waals surface area contributed by atoms with Crippen LogP contribution in [0.3, 0.4) is 0 Å². The largest absolute Gasteiger partial charge is 0.472 e. The van der Waals surface area contributed by atoms with E-state index < -0.39 is 97.5 Å². The normalized spacial score (nSPS) is 14.0. The molecule has 0 heterocycles. The van der Waals surface area contributed by atoms with E-state index in [1.165, 1.54) is 205 Å². The van der Waals surface area contributed by atoms with Gasteiger partial charge in [-0.1, -0.05) is 336 Å². The predicted octanol–water partition coefficient (Wildman–Crippen LogP) is 21.7. The number of phosphoric acid groups is 2. The van der Waals surface area contributed by atoms with E-state index in [1.54, 1.807) is 0 Å². The van der Waals surface area contributed by atoms with Crippen LogP contribution >= 0.6 is 15.6 Å². The van der Waals surface area contributed by atoms with E-state index in [9.17, 15) is 43.2 Å². The Morgan fingerprint density at radius 2 is 0.495 bits per heavy atom. The molecule has 3 N–H and O–H groups in total. The molecular formula is C74H144O17P2. The van der Waals surface area contributed by atoms with Crippen molar-refractivity contribution in [2.24, 2.45) is 5.92 Å². The quantitative estimate of drug-likeness (QED) is 0.0222. The van der Waals surface area contributed by atoms with E-state index in [0.717, 1.165) is 102 Å². The Bertz CT molecular complexity index is 1790. The number of hydrogen-bond donors (Lipinski definition) is 3. The first-order valence-corrected chi connectivity index (χ1v) is 41.6. The molecule has 552 valence electrons. The Morgan fingerprint density at radius 1 is 0.290 bits per heavy atom. The molecule has 0 aromatic heterocycles. The third-order valence-corrected chi connectivity index (χ3v) is 19.2. The molecule has 0 rings (SSSR count). The molecule has 0 fully saturated rings. The van der Waals surface area contributed by atoms with Crippen LogP contribution in [0.1, 0.15) is 388 Å². The second-order valence-corrected chi connectivity index (χ2v) is 30.1. The van der Waals surface area contributed by atoms with Gasteiger partial charge in [0.1, 0.15) is 19.3 Å². The van der Waals surface area contributed by atoms with Crippen LogP contribution < -0.4 is 0 Å². The Balaban J connectivity index is 5.16. The van der Waals surface area contributed by atoms with Crippen molar-refractivity contribution >= 4 is 39.5 Å². The van der Waals surface area contributed by atoms with Crippen molar-refractivity contribution in [1.82, 2.24) is 0 Å². The first-order valence-electron chi connectivity index (χ1n) is 38.6. The minimum absolute atomic E-state index is 0.105. The zero-order valence-electron chi connectivity index (χ0n) is 60.4. The molecule has 0 saturated heterocycles. The third-order valence-electron chi connectivity index (χ3n) is 17.3. The van der Waals surface area contributed by atoms with E-state index >= 15 is 0 Å². The zero-order valence-corrected chi connectivity index (χ0v) is 62.2. The maximum atomic E-state index is 13.1. The SMILES string of the molecule is CCCCCCCCCCCCCCCCCCCCCCCC(=O)O[C@H](COC(=O)CCCCCCCCCCCCCCC)COP(=O)(O)OC[C@@H](O)COP(=O)(O)OC[C@@H](COC(=O)CCCCCCCCCC)OC(=O)CCCCCCCCCCC(C)C. The summed E-state index contributed by atoms with van der Waals surface area (Å²) in [4.78, 5) is 72.6. The van der Waals surface area contributed by atoms with Crippen LogP contribution in [0, 0.1) is 5.92 Å². The summed E-state index contributed by atoms with van der Waals surface area (Å²) in [6.45, 7) is 7.20. The molecule has 0 aliphatic rings. The first kappa shape index (κ1) is 91.1. The van der Waals surface area contributed by atoms with Crippen LogP contribution in [0.4, 0.5) is 0 Å². The Hall–Kier alpha value is -1.94. The molecule has 93 heavy (non-hydrogen) atoms. The predicted molar refractivity (Wildman–Crippen MR) is 377 cm³/mol. The average Bonchev–Trinajstić information content (AvgIpc) is 2.31. The van der Waals surface area contributed by atoms with E-state index in [4.69, 9.17) is 37.0 Å². The Morgan fingerprint density at radius 3 is 0.731 bits per heavy atom. The van der Waals surface area contributed by atoms with Gasteiger partial charge in [-0.2, -0.15) is 0 Å². The highest BCUT2D eigenvalue weighted by Gasteiger charge is 2.30. The molecule has 0 amide bonds. The highest BCUT2D eigenvalue weighted by molar-refractivity contribution is 7.47. The van der Waals surface area contributed by atoms with Crippen molar-refractivity contribution in [3.05, 3.63) is 0 Å². The van der Waals surface area contributed by atoms with Gasteiger partial charge in [-0.05, 0) is 31.6 Å². The number of esters is 4. The molecule has 19 heteroatoms. The number of phosphoric ester groups is 2. The maximum absolute atomic E-state index is 13.1. The molecule has 0 saturated carbocycles. The summed E-state index contributed by atoms with van der Waals surface area (Å²) in [6.07, 6.45) is 55.7. The second kappa shape index (κ2) is 67.3. The highest BCUT2D eigenvalue weighted by atomic mass is 31.2. The summed E-state index contributed by atoms with van der Waals surface area (Å²) in [5.41, 5.74) is 0. The van der Waals surface area contributed by atoms with Gasteiger partial charge in [0.05, 0.1) is 26.4 Å². The smallest absolute Gasteiger partial charge is 0.462 e. The zero-order chi connectivity index (χ0) is 68.4. The van der Waals surface area contributed by atoms with Crippen molar-refractivity contribution in [3.8, 4) is 0 Å². The van der Waals surface area contributed by atoms with Crippen molar-refractivity contribution < 1.29 is 80.2 Å². The van der Waals surface area contributed by atoms with Crippen LogP contribution in [0.5, 0.6) is 0 Å². The summed E-state index contributed by atoms with van der Waals surface area (Å²) in [5, 5.41) is 10.6.